The Balaban J connectivity index is 2.59. The molecule has 1 rings (SSSR count). The number of aliphatic hydroxyl groups is 1. The Morgan fingerprint density at radius 2 is 2.15 bits per heavy atom. The monoisotopic (exact) mass is 246 g/mol. The van der Waals surface area contributed by atoms with Gasteiger partial charge in [-0.2, -0.15) is 0 Å². The van der Waals surface area contributed by atoms with Gasteiger partial charge in [0, 0.05) is 5.33 Å². The lowest BCUT2D eigenvalue weighted by Crippen LogP contribution is -2.02. The Bertz CT molecular complexity index is 251. The van der Waals surface area contributed by atoms with E-state index in [0.717, 1.165) is 5.33 Å². The van der Waals surface area contributed by atoms with Crippen LogP contribution < -0.4 is 4.74 Å². The van der Waals surface area contributed by atoms with E-state index in [1.807, 2.05) is 0 Å². The van der Waals surface area contributed by atoms with E-state index >= 15 is 0 Å². The van der Waals surface area contributed by atoms with Crippen LogP contribution in [0.25, 0.3) is 0 Å². The lowest BCUT2D eigenvalue weighted by molar-refractivity contribution is 0.188. The molecule has 0 aliphatic heterocycles. The number of alkyl halides is 1. The molecule has 1 unspecified atom stereocenters. The van der Waals surface area contributed by atoms with Crippen LogP contribution >= 0.6 is 15.9 Å². The number of nitrogens with zero attached hydrogens (tertiary/aromatic N) is 2. The molecule has 5 heteroatoms. The highest BCUT2D eigenvalue weighted by atomic mass is 79.9. The summed E-state index contributed by atoms with van der Waals surface area (Å²) in [6.45, 7) is 2.20. The summed E-state index contributed by atoms with van der Waals surface area (Å²) >= 11 is 3.24. The summed E-state index contributed by atoms with van der Waals surface area (Å²) in [5.74, 6) is 1.02. The number of hydrogen-bond acceptors (Lipinski definition) is 4. The van der Waals surface area contributed by atoms with Gasteiger partial charge in [-0.1, -0.05) is 15.9 Å². The first-order chi connectivity index (χ1) is 6.24. The summed E-state index contributed by atoms with van der Waals surface area (Å²) < 4.78 is 5.24. The Morgan fingerprint density at radius 1 is 1.54 bits per heavy atom. The van der Waals surface area contributed by atoms with E-state index in [9.17, 15) is 0 Å². The number of aliphatic hydroxyl groups excluding tert-OH is 1. The van der Waals surface area contributed by atoms with Gasteiger partial charge in [-0.3, -0.25) is 0 Å². The number of ether oxygens (including phenoxy) is 1. The van der Waals surface area contributed by atoms with Crippen molar-refractivity contribution in [1.82, 2.24) is 9.97 Å². The number of rotatable bonds is 4. The smallest absolute Gasteiger partial charge is 0.156 e. The highest BCUT2D eigenvalue weighted by Crippen LogP contribution is 2.10. The van der Waals surface area contributed by atoms with Gasteiger partial charge < -0.3 is 9.84 Å². The second-order valence-corrected chi connectivity index (χ2v) is 3.28. The first kappa shape index (κ1) is 10.4. The molecule has 0 amide bonds. The van der Waals surface area contributed by atoms with E-state index < -0.39 is 6.10 Å². The largest absolute Gasteiger partial charge is 0.489 e. The Hall–Kier alpha value is -0.680. The fourth-order valence-electron chi connectivity index (χ4n) is 0.773. The van der Waals surface area contributed by atoms with E-state index in [1.165, 1.54) is 0 Å². The fraction of sp³-hybridized carbons (Fsp3) is 0.500. The second kappa shape index (κ2) is 5.14. The molecular formula is C8H11BrN2O2. The maximum atomic E-state index is 9.12. The first-order valence-electron chi connectivity index (χ1n) is 3.93. The van der Waals surface area contributed by atoms with Gasteiger partial charge in [0.2, 0.25) is 0 Å². The molecule has 1 N–H and O–H groups in total. The molecule has 1 atom stereocenters. The van der Waals surface area contributed by atoms with Gasteiger partial charge in [0.05, 0.1) is 19.0 Å². The average Bonchev–Trinajstić information content (AvgIpc) is 2.15. The molecule has 0 radical (unpaired) electrons. The lowest BCUT2D eigenvalue weighted by atomic mass is 10.4. The number of aromatic nitrogens is 2. The number of hydrogen-bond donors (Lipinski definition) is 1. The Kier molecular flexibility index (Phi) is 4.11. The zero-order valence-corrected chi connectivity index (χ0v) is 8.86. The third-order valence-corrected chi connectivity index (χ3v) is 1.69. The molecule has 0 aliphatic rings. The quantitative estimate of drug-likeness (QED) is 0.815. The summed E-state index contributed by atoms with van der Waals surface area (Å²) in [5, 5.41) is 9.89. The molecule has 0 saturated carbocycles. The van der Waals surface area contributed by atoms with Crippen LogP contribution in [0.1, 0.15) is 18.9 Å². The van der Waals surface area contributed by atoms with Crippen LogP contribution in [-0.2, 0) is 0 Å². The predicted molar refractivity (Wildman–Crippen MR) is 52.0 cm³/mol. The van der Waals surface area contributed by atoms with E-state index in [-0.39, 0.29) is 0 Å². The number of halogens is 1. The summed E-state index contributed by atoms with van der Waals surface area (Å²) in [5.41, 5.74) is 0. The maximum absolute atomic E-state index is 9.12. The standard InChI is InChI=1S/C8H11BrN2O2/c1-6(12)8-10-4-7(5-11-8)13-3-2-9/h4-6,12H,2-3H2,1H3. The molecule has 4 nitrogen and oxygen atoms in total. The zero-order chi connectivity index (χ0) is 9.68. The molecule has 1 aromatic rings. The summed E-state index contributed by atoms with van der Waals surface area (Å²) in [4.78, 5) is 7.86. The summed E-state index contributed by atoms with van der Waals surface area (Å²) in [6.07, 6.45) is 2.47. The highest BCUT2D eigenvalue weighted by molar-refractivity contribution is 9.09. The minimum Gasteiger partial charge on any atom is -0.489 e. The SMILES string of the molecule is CC(O)c1ncc(OCCBr)cn1. The second-order valence-electron chi connectivity index (χ2n) is 2.49. The fourth-order valence-corrected chi connectivity index (χ4v) is 0.935. The van der Waals surface area contributed by atoms with Crippen molar-refractivity contribution < 1.29 is 9.84 Å². The molecule has 0 fully saturated rings. The first-order valence-corrected chi connectivity index (χ1v) is 5.05. The van der Waals surface area contributed by atoms with Crippen molar-refractivity contribution in [3.63, 3.8) is 0 Å². The van der Waals surface area contributed by atoms with E-state index in [2.05, 4.69) is 25.9 Å². The lowest BCUT2D eigenvalue weighted by Gasteiger charge is -2.04. The van der Waals surface area contributed by atoms with E-state index in [0.29, 0.717) is 18.2 Å². The van der Waals surface area contributed by atoms with Crippen LogP contribution in [0.2, 0.25) is 0 Å². The highest BCUT2D eigenvalue weighted by Gasteiger charge is 2.03. The topological polar surface area (TPSA) is 55.2 Å². The van der Waals surface area contributed by atoms with Crippen molar-refractivity contribution in [2.45, 2.75) is 13.0 Å². The van der Waals surface area contributed by atoms with Crippen molar-refractivity contribution in [2.24, 2.45) is 0 Å². The van der Waals surface area contributed by atoms with Crippen LogP contribution in [0, 0.1) is 0 Å². The zero-order valence-electron chi connectivity index (χ0n) is 7.27. The third-order valence-electron chi connectivity index (χ3n) is 1.37. The molecule has 72 valence electrons. The predicted octanol–water partition coefficient (Wildman–Crippen LogP) is 1.30. The van der Waals surface area contributed by atoms with Crippen LogP contribution in [0.15, 0.2) is 12.4 Å². The van der Waals surface area contributed by atoms with Crippen molar-refractivity contribution in [1.29, 1.82) is 0 Å². The van der Waals surface area contributed by atoms with Crippen LogP contribution in [0.3, 0.4) is 0 Å². The minimum atomic E-state index is -0.634. The van der Waals surface area contributed by atoms with E-state index in [4.69, 9.17) is 9.84 Å². The molecular weight excluding hydrogens is 236 g/mol. The molecule has 13 heavy (non-hydrogen) atoms. The van der Waals surface area contributed by atoms with Crippen molar-refractivity contribution in [3.05, 3.63) is 18.2 Å². The maximum Gasteiger partial charge on any atom is 0.156 e. The molecule has 0 aliphatic carbocycles. The van der Waals surface area contributed by atoms with E-state index in [1.54, 1.807) is 19.3 Å². The van der Waals surface area contributed by atoms with Gasteiger partial charge in [-0.05, 0) is 6.92 Å². The van der Waals surface area contributed by atoms with Crippen molar-refractivity contribution in [3.8, 4) is 5.75 Å². The van der Waals surface area contributed by atoms with Crippen molar-refractivity contribution >= 4 is 15.9 Å². The van der Waals surface area contributed by atoms with Gasteiger partial charge in [-0.25, -0.2) is 9.97 Å². The molecule has 0 bridgehead atoms. The Morgan fingerprint density at radius 3 is 2.62 bits per heavy atom. The van der Waals surface area contributed by atoms with Gasteiger partial charge in [0.25, 0.3) is 0 Å². The van der Waals surface area contributed by atoms with Gasteiger partial charge >= 0.3 is 0 Å². The van der Waals surface area contributed by atoms with Crippen LogP contribution in [0.4, 0.5) is 0 Å². The van der Waals surface area contributed by atoms with Gasteiger partial charge in [0.15, 0.2) is 11.6 Å². The third kappa shape index (κ3) is 3.28. The van der Waals surface area contributed by atoms with Crippen LogP contribution in [-0.4, -0.2) is 27.0 Å². The normalized spacial score (nSPS) is 12.5. The molecule has 1 heterocycles. The van der Waals surface area contributed by atoms with Crippen LogP contribution in [0.5, 0.6) is 5.75 Å². The average molecular weight is 247 g/mol. The summed E-state index contributed by atoms with van der Waals surface area (Å²) in [7, 11) is 0. The molecule has 1 aromatic heterocycles. The minimum absolute atomic E-state index is 0.409. The van der Waals surface area contributed by atoms with Crippen molar-refractivity contribution in [2.75, 3.05) is 11.9 Å². The van der Waals surface area contributed by atoms with Gasteiger partial charge in [0.1, 0.15) is 6.10 Å². The molecule has 0 aromatic carbocycles. The molecule has 0 spiro atoms. The summed E-state index contributed by atoms with van der Waals surface area (Å²) in [6, 6.07) is 0. The Labute approximate surface area is 85.1 Å². The molecule has 0 saturated heterocycles. The van der Waals surface area contributed by atoms with Gasteiger partial charge in [-0.15, -0.1) is 0 Å².